The average Bonchev–Trinajstić information content (AvgIpc) is 3.01. The Hall–Kier alpha value is -3.47. The van der Waals surface area contributed by atoms with Crippen LogP contribution in [0.1, 0.15) is 27.6 Å². The third-order valence-electron chi connectivity index (χ3n) is 4.53. The van der Waals surface area contributed by atoms with Gasteiger partial charge in [0.05, 0.1) is 0 Å². The molecule has 4 rings (SSSR count). The number of fused-ring (bicyclic) bond motifs is 3. The molecule has 134 valence electrons. The number of rotatable bonds is 4. The molecule has 1 aliphatic carbocycles. The summed E-state index contributed by atoms with van der Waals surface area (Å²) in [5, 5.41) is 2.50. The second kappa shape index (κ2) is 7.03. The van der Waals surface area contributed by atoms with Gasteiger partial charge in [-0.2, -0.15) is 0 Å². The number of ether oxygens (including phenoxy) is 1. The Morgan fingerprint density at radius 1 is 0.852 bits per heavy atom. The second-order valence-electron chi connectivity index (χ2n) is 6.23. The summed E-state index contributed by atoms with van der Waals surface area (Å²) in [7, 11) is 0. The van der Waals surface area contributed by atoms with Gasteiger partial charge in [0.25, 0.3) is 5.91 Å². The monoisotopic (exact) mass is 361 g/mol. The Labute approximate surface area is 155 Å². The minimum atomic E-state index is -0.540. The molecule has 0 spiro atoms. The fourth-order valence-corrected chi connectivity index (χ4v) is 3.27. The van der Waals surface area contributed by atoms with Crippen LogP contribution in [0.15, 0.2) is 72.8 Å². The molecule has 27 heavy (non-hydrogen) atoms. The lowest BCUT2D eigenvalue weighted by Crippen LogP contribution is -2.31. The van der Waals surface area contributed by atoms with Gasteiger partial charge in [-0.15, -0.1) is 0 Å². The fourth-order valence-electron chi connectivity index (χ4n) is 3.27. The van der Waals surface area contributed by atoms with Gasteiger partial charge in [0, 0.05) is 16.7 Å². The Balaban J connectivity index is 1.45. The zero-order valence-electron chi connectivity index (χ0n) is 14.3. The summed E-state index contributed by atoms with van der Waals surface area (Å²) in [6, 6.07) is 20.7. The molecule has 0 aliphatic heterocycles. The maximum absolute atomic E-state index is 12.9. The van der Waals surface area contributed by atoms with Crippen molar-refractivity contribution in [2.24, 2.45) is 0 Å². The van der Waals surface area contributed by atoms with Gasteiger partial charge in [-0.3, -0.25) is 9.59 Å². The smallest absolute Gasteiger partial charge is 0.326 e. The number of benzene rings is 3. The maximum Gasteiger partial charge on any atom is 0.326 e. The van der Waals surface area contributed by atoms with E-state index in [1.165, 1.54) is 24.3 Å². The standard InChI is InChI=1S/C22H16FNO3/c23-15-11-9-14(10-12-15)22(26)24-13-20(25)27-21-18-7-3-1-5-16(18)17-6-2-4-8-19(17)21/h1-12,21H,13H2,(H,24,26). The van der Waals surface area contributed by atoms with Crippen molar-refractivity contribution >= 4 is 11.9 Å². The zero-order chi connectivity index (χ0) is 18.8. The van der Waals surface area contributed by atoms with Crippen LogP contribution in [0, 0.1) is 5.82 Å². The summed E-state index contributed by atoms with van der Waals surface area (Å²) < 4.78 is 18.6. The third-order valence-corrected chi connectivity index (χ3v) is 4.53. The molecule has 3 aromatic carbocycles. The Morgan fingerprint density at radius 2 is 1.41 bits per heavy atom. The Kier molecular flexibility index (Phi) is 4.42. The number of nitrogens with one attached hydrogen (secondary N) is 1. The van der Waals surface area contributed by atoms with Crippen LogP contribution in [0.2, 0.25) is 0 Å². The van der Waals surface area contributed by atoms with Crippen molar-refractivity contribution in [1.29, 1.82) is 0 Å². The number of amides is 1. The van der Waals surface area contributed by atoms with E-state index in [0.717, 1.165) is 22.3 Å². The second-order valence-corrected chi connectivity index (χ2v) is 6.23. The van der Waals surface area contributed by atoms with Crippen molar-refractivity contribution in [2.75, 3.05) is 6.54 Å². The van der Waals surface area contributed by atoms with Gasteiger partial charge in [-0.05, 0) is 35.4 Å². The van der Waals surface area contributed by atoms with E-state index in [1.54, 1.807) is 0 Å². The molecule has 1 N–H and O–H groups in total. The summed E-state index contributed by atoms with van der Waals surface area (Å²) in [5.41, 5.74) is 4.22. The summed E-state index contributed by atoms with van der Waals surface area (Å²) in [5.74, 6) is -1.43. The molecule has 0 unspecified atom stereocenters. The van der Waals surface area contributed by atoms with Gasteiger partial charge >= 0.3 is 5.97 Å². The highest BCUT2D eigenvalue weighted by Gasteiger charge is 2.30. The lowest BCUT2D eigenvalue weighted by Gasteiger charge is -2.15. The third kappa shape index (κ3) is 3.31. The quantitative estimate of drug-likeness (QED) is 0.718. The number of carbonyl (C=O) groups excluding carboxylic acids is 2. The lowest BCUT2D eigenvalue weighted by molar-refractivity contribution is -0.146. The largest absolute Gasteiger partial charge is 0.451 e. The molecule has 0 saturated carbocycles. The van der Waals surface area contributed by atoms with Crippen LogP contribution in [0.4, 0.5) is 4.39 Å². The van der Waals surface area contributed by atoms with Crippen LogP contribution in [0.3, 0.4) is 0 Å². The lowest BCUT2D eigenvalue weighted by atomic mass is 10.1. The molecular weight excluding hydrogens is 345 g/mol. The summed E-state index contributed by atoms with van der Waals surface area (Å²) in [6.07, 6.45) is -0.493. The molecule has 0 saturated heterocycles. The van der Waals surface area contributed by atoms with Gasteiger partial charge in [0.1, 0.15) is 12.4 Å². The molecule has 0 radical (unpaired) electrons. The van der Waals surface area contributed by atoms with Crippen LogP contribution >= 0.6 is 0 Å². The van der Waals surface area contributed by atoms with Crippen molar-refractivity contribution in [2.45, 2.75) is 6.10 Å². The number of halogens is 1. The van der Waals surface area contributed by atoms with E-state index in [0.29, 0.717) is 0 Å². The topological polar surface area (TPSA) is 55.4 Å². The van der Waals surface area contributed by atoms with Crippen molar-refractivity contribution in [3.63, 3.8) is 0 Å². The molecule has 0 atom stereocenters. The first-order valence-corrected chi connectivity index (χ1v) is 8.55. The summed E-state index contributed by atoms with van der Waals surface area (Å²) in [6.45, 7) is -0.267. The van der Waals surface area contributed by atoms with Crippen LogP contribution in [-0.4, -0.2) is 18.4 Å². The average molecular weight is 361 g/mol. The highest BCUT2D eigenvalue weighted by Crippen LogP contribution is 2.44. The van der Waals surface area contributed by atoms with Crippen LogP contribution in [0.5, 0.6) is 0 Å². The highest BCUT2D eigenvalue weighted by atomic mass is 19.1. The van der Waals surface area contributed by atoms with Crippen LogP contribution in [-0.2, 0) is 9.53 Å². The van der Waals surface area contributed by atoms with E-state index < -0.39 is 23.8 Å². The first-order chi connectivity index (χ1) is 13.1. The molecule has 0 fully saturated rings. The summed E-state index contributed by atoms with van der Waals surface area (Å²) >= 11 is 0. The van der Waals surface area contributed by atoms with Crippen molar-refractivity contribution in [3.05, 3.63) is 95.3 Å². The SMILES string of the molecule is O=C(CNC(=O)c1ccc(F)cc1)OC1c2ccccc2-c2ccccc21. The van der Waals surface area contributed by atoms with Crippen molar-refractivity contribution in [3.8, 4) is 11.1 Å². The van der Waals surface area contributed by atoms with E-state index in [1.807, 2.05) is 48.5 Å². The van der Waals surface area contributed by atoms with Gasteiger partial charge < -0.3 is 10.1 Å². The van der Waals surface area contributed by atoms with E-state index >= 15 is 0 Å². The minimum Gasteiger partial charge on any atom is -0.451 e. The molecule has 5 heteroatoms. The van der Waals surface area contributed by atoms with Crippen LogP contribution in [0.25, 0.3) is 11.1 Å². The first kappa shape index (κ1) is 17.0. The van der Waals surface area contributed by atoms with Crippen molar-refractivity contribution in [1.82, 2.24) is 5.32 Å². The maximum atomic E-state index is 12.9. The zero-order valence-corrected chi connectivity index (χ0v) is 14.3. The Bertz CT molecular complexity index is 969. The fraction of sp³-hybridized carbons (Fsp3) is 0.0909. The van der Waals surface area contributed by atoms with E-state index in [2.05, 4.69) is 5.32 Å². The summed E-state index contributed by atoms with van der Waals surface area (Å²) in [4.78, 5) is 24.4. The van der Waals surface area contributed by atoms with E-state index in [-0.39, 0.29) is 12.1 Å². The van der Waals surface area contributed by atoms with Gasteiger partial charge in [0.15, 0.2) is 6.10 Å². The molecule has 0 aromatic heterocycles. The highest BCUT2D eigenvalue weighted by molar-refractivity contribution is 5.96. The molecule has 4 nitrogen and oxygen atoms in total. The molecule has 0 heterocycles. The number of hydrogen-bond donors (Lipinski definition) is 1. The molecule has 0 bridgehead atoms. The first-order valence-electron chi connectivity index (χ1n) is 8.55. The molecular formula is C22H16FNO3. The predicted molar refractivity (Wildman–Crippen MR) is 98.5 cm³/mol. The van der Waals surface area contributed by atoms with E-state index in [4.69, 9.17) is 4.74 Å². The molecule has 1 amide bonds. The molecule has 3 aromatic rings. The van der Waals surface area contributed by atoms with Gasteiger partial charge in [0.2, 0.25) is 0 Å². The van der Waals surface area contributed by atoms with Crippen molar-refractivity contribution < 1.29 is 18.7 Å². The van der Waals surface area contributed by atoms with Crippen LogP contribution < -0.4 is 5.32 Å². The van der Waals surface area contributed by atoms with E-state index in [9.17, 15) is 14.0 Å². The number of esters is 1. The Morgan fingerprint density at radius 3 is 2.00 bits per heavy atom. The number of carbonyl (C=O) groups is 2. The number of hydrogen-bond acceptors (Lipinski definition) is 3. The minimum absolute atomic E-state index is 0.267. The van der Waals surface area contributed by atoms with Gasteiger partial charge in [-0.25, -0.2) is 4.39 Å². The predicted octanol–water partition coefficient (Wildman–Crippen LogP) is 3.87. The molecule has 1 aliphatic rings. The normalized spacial score (nSPS) is 12.2. The van der Waals surface area contributed by atoms with Gasteiger partial charge in [-0.1, -0.05) is 48.5 Å².